The number of pyridine rings is 1. The third-order valence-corrected chi connectivity index (χ3v) is 7.43. The standard InChI is InChI=1S/C31H33N3O5/c1-3-39-28-18-23(14-16-32-28)21-6-4-20(5-7-21)19-34-17-15-25-27(38-2)13-12-26(29(25)34)30(35)33-24-10-8-22(9-11-24)31(36)37/h4-7,12-18,22,24H,3,8-11,19H2,1-2H3,(H,33,35)(H,36,37). The summed E-state index contributed by atoms with van der Waals surface area (Å²) >= 11 is 0. The second-order valence-corrected chi connectivity index (χ2v) is 9.89. The Bertz CT molecular complexity index is 1470. The predicted molar refractivity (Wildman–Crippen MR) is 149 cm³/mol. The van der Waals surface area contributed by atoms with Gasteiger partial charge in [0.05, 0.1) is 30.7 Å². The fourth-order valence-electron chi connectivity index (χ4n) is 5.36. The van der Waals surface area contributed by atoms with Crippen molar-refractivity contribution in [3.8, 4) is 22.8 Å². The second-order valence-electron chi connectivity index (χ2n) is 9.89. The van der Waals surface area contributed by atoms with Crippen molar-refractivity contribution >= 4 is 22.8 Å². The molecule has 2 aromatic carbocycles. The van der Waals surface area contributed by atoms with E-state index >= 15 is 0 Å². The summed E-state index contributed by atoms with van der Waals surface area (Å²) in [5.41, 5.74) is 4.58. The molecule has 0 atom stereocenters. The maximum atomic E-state index is 13.4. The minimum Gasteiger partial charge on any atom is -0.496 e. The number of hydrogen-bond acceptors (Lipinski definition) is 5. The average Bonchev–Trinajstić information content (AvgIpc) is 3.37. The number of carboxylic acid groups (broad SMARTS) is 1. The van der Waals surface area contributed by atoms with Crippen molar-refractivity contribution in [2.75, 3.05) is 13.7 Å². The number of aromatic nitrogens is 2. The molecule has 1 fully saturated rings. The molecule has 39 heavy (non-hydrogen) atoms. The number of rotatable bonds is 9. The van der Waals surface area contributed by atoms with E-state index in [4.69, 9.17) is 9.47 Å². The van der Waals surface area contributed by atoms with Crippen molar-refractivity contribution < 1.29 is 24.2 Å². The molecule has 2 heterocycles. The Kier molecular flexibility index (Phi) is 7.81. The van der Waals surface area contributed by atoms with Crippen molar-refractivity contribution in [2.45, 2.75) is 45.2 Å². The van der Waals surface area contributed by atoms with Gasteiger partial charge < -0.3 is 24.5 Å². The number of ether oxygens (including phenoxy) is 2. The van der Waals surface area contributed by atoms with Crippen LogP contribution in [-0.2, 0) is 11.3 Å². The molecule has 0 radical (unpaired) electrons. The maximum absolute atomic E-state index is 13.4. The molecule has 0 aliphatic heterocycles. The Labute approximate surface area is 227 Å². The molecule has 2 N–H and O–H groups in total. The highest BCUT2D eigenvalue weighted by atomic mass is 16.5. The molecule has 5 rings (SSSR count). The number of aliphatic carboxylic acids is 1. The Morgan fingerprint density at radius 2 is 1.79 bits per heavy atom. The number of carboxylic acids is 1. The third-order valence-electron chi connectivity index (χ3n) is 7.43. The number of carbonyl (C=O) groups is 2. The zero-order valence-electron chi connectivity index (χ0n) is 22.2. The Morgan fingerprint density at radius 3 is 2.49 bits per heavy atom. The van der Waals surface area contributed by atoms with E-state index in [0.717, 1.165) is 27.6 Å². The molecule has 0 spiro atoms. The van der Waals surface area contributed by atoms with Crippen molar-refractivity contribution in [3.05, 3.63) is 78.1 Å². The molecular formula is C31H33N3O5. The van der Waals surface area contributed by atoms with Gasteiger partial charge in [-0.05, 0) is 73.6 Å². The lowest BCUT2D eigenvalue weighted by Gasteiger charge is -2.27. The summed E-state index contributed by atoms with van der Waals surface area (Å²) in [6, 6.07) is 17.8. The molecule has 1 aliphatic rings. The molecule has 0 saturated heterocycles. The predicted octanol–water partition coefficient (Wildman–Crippen LogP) is 5.53. The van der Waals surface area contributed by atoms with E-state index in [0.29, 0.717) is 56.0 Å². The van der Waals surface area contributed by atoms with Crippen molar-refractivity contribution in [2.24, 2.45) is 5.92 Å². The highest BCUT2D eigenvalue weighted by Gasteiger charge is 2.27. The first-order valence-electron chi connectivity index (χ1n) is 13.3. The number of amides is 1. The number of nitrogens with zero attached hydrogens (tertiary/aromatic N) is 2. The zero-order chi connectivity index (χ0) is 27.4. The SMILES string of the molecule is CCOc1cc(-c2ccc(Cn3ccc4c(OC)ccc(C(=O)NC5CCC(C(=O)O)CC5)c43)cc2)ccn1. The van der Waals surface area contributed by atoms with Gasteiger partial charge in [0, 0.05) is 36.4 Å². The van der Waals surface area contributed by atoms with Crippen LogP contribution in [0.4, 0.5) is 0 Å². The van der Waals surface area contributed by atoms with Crippen LogP contribution in [0.1, 0.15) is 48.5 Å². The second kappa shape index (κ2) is 11.6. The Morgan fingerprint density at radius 1 is 1.03 bits per heavy atom. The van der Waals surface area contributed by atoms with E-state index in [1.54, 1.807) is 19.4 Å². The molecule has 2 aromatic heterocycles. The number of nitrogens with one attached hydrogen (secondary N) is 1. The lowest BCUT2D eigenvalue weighted by Crippen LogP contribution is -2.38. The summed E-state index contributed by atoms with van der Waals surface area (Å²) in [6.07, 6.45) is 6.22. The molecule has 1 aliphatic carbocycles. The van der Waals surface area contributed by atoms with Crippen LogP contribution in [0.25, 0.3) is 22.0 Å². The van der Waals surface area contributed by atoms with E-state index in [9.17, 15) is 14.7 Å². The van der Waals surface area contributed by atoms with Gasteiger partial charge >= 0.3 is 5.97 Å². The van der Waals surface area contributed by atoms with Gasteiger partial charge in [0.15, 0.2) is 0 Å². The van der Waals surface area contributed by atoms with Gasteiger partial charge in [-0.1, -0.05) is 24.3 Å². The molecule has 8 heteroatoms. The van der Waals surface area contributed by atoms with Crippen LogP contribution in [-0.4, -0.2) is 46.3 Å². The quantitative estimate of drug-likeness (QED) is 0.297. The molecule has 202 valence electrons. The van der Waals surface area contributed by atoms with E-state index in [1.807, 2.05) is 37.4 Å². The van der Waals surface area contributed by atoms with E-state index < -0.39 is 5.97 Å². The number of fused-ring (bicyclic) bond motifs is 1. The summed E-state index contributed by atoms with van der Waals surface area (Å²) in [5, 5.41) is 13.3. The number of hydrogen-bond donors (Lipinski definition) is 2. The van der Waals surface area contributed by atoms with Crippen LogP contribution >= 0.6 is 0 Å². The van der Waals surface area contributed by atoms with E-state index in [2.05, 4.69) is 39.1 Å². The van der Waals surface area contributed by atoms with Crippen LogP contribution in [0.3, 0.4) is 0 Å². The summed E-state index contributed by atoms with van der Waals surface area (Å²) in [6.45, 7) is 3.09. The summed E-state index contributed by atoms with van der Waals surface area (Å²) in [5.74, 6) is 0.0887. The molecule has 1 saturated carbocycles. The van der Waals surface area contributed by atoms with Gasteiger partial charge in [-0.15, -0.1) is 0 Å². The van der Waals surface area contributed by atoms with Crippen LogP contribution in [0.5, 0.6) is 11.6 Å². The lowest BCUT2D eigenvalue weighted by molar-refractivity contribution is -0.142. The van der Waals surface area contributed by atoms with Crippen LogP contribution in [0.2, 0.25) is 0 Å². The minimum atomic E-state index is -0.751. The summed E-state index contributed by atoms with van der Waals surface area (Å²) in [4.78, 5) is 29.0. The fourth-order valence-corrected chi connectivity index (χ4v) is 5.36. The lowest BCUT2D eigenvalue weighted by atomic mass is 9.86. The van der Waals surface area contributed by atoms with Crippen molar-refractivity contribution in [1.29, 1.82) is 0 Å². The van der Waals surface area contributed by atoms with Crippen molar-refractivity contribution in [3.63, 3.8) is 0 Å². The number of methoxy groups -OCH3 is 1. The molecule has 0 unspecified atom stereocenters. The van der Waals surface area contributed by atoms with Gasteiger partial charge in [-0.2, -0.15) is 0 Å². The van der Waals surface area contributed by atoms with Gasteiger partial charge in [0.1, 0.15) is 5.75 Å². The fraction of sp³-hybridized carbons (Fsp3) is 0.323. The first-order valence-corrected chi connectivity index (χ1v) is 13.3. The van der Waals surface area contributed by atoms with Gasteiger partial charge in [-0.3, -0.25) is 9.59 Å². The molecular weight excluding hydrogens is 494 g/mol. The van der Waals surface area contributed by atoms with Crippen LogP contribution in [0, 0.1) is 5.92 Å². The van der Waals surface area contributed by atoms with Gasteiger partial charge in [0.2, 0.25) is 5.88 Å². The molecule has 0 bridgehead atoms. The first-order chi connectivity index (χ1) is 19.0. The van der Waals surface area contributed by atoms with Gasteiger partial charge in [-0.25, -0.2) is 4.98 Å². The minimum absolute atomic E-state index is 0.0300. The molecule has 4 aromatic rings. The van der Waals surface area contributed by atoms with Gasteiger partial charge in [0.25, 0.3) is 5.91 Å². The molecule has 8 nitrogen and oxygen atoms in total. The molecule has 1 amide bonds. The van der Waals surface area contributed by atoms with E-state index in [-0.39, 0.29) is 17.9 Å². The third kappa shape index (κ3) is 5.74. The monoisotopic (exact) mass is 527 g/mol. The smallest absolute Gasteiger partial charge is 0.306 e. The number of carbonyl (C=O) groups excluding carboxylic acids is 1. The van der Waals surface area contributed by atoms with Crippen molar-refractivity contribution in [1.82, 2.24) is 14.9 Å². The Hall–Kier alpha value is -4.33. The summed E-state index contributed by atoms with van der Waals surface area (Å²) in [7, 11) is 1.63. The van der Waals surface area contributed by atoms with Crippen LogP contribution < -0.4 is 14.8 Å². The van der Waals surface area contributed by atoms with E-state index in [1.165, 1.54) is 0 Å². The van der Waals surface area contributed by atoms with Crippen LogP contribution in [0.15, 0.2) is 67.0 Å². The number of benzene rings is 2. The zero-order valence-corrected chi connectivity index (χ0v) is 22.2. The summed E-state index contributed by atoms with van der Waals surface area (Å²) < 4.78 is 13.2. The first kappa shape index (κ1) is 26.3. The largest absolute Gasteiger partial charge is 0.496 e. The maximum Gasteiger partial charge on any atom is 0.306 e. The normalized spacial score (nSPS) is 17.1. The highest BCUT2D eigenvalue weighted by Crippen LogP contribution is 2.31. The Balaban J connectivity index is 1.37. The highest BCUT2D eigenvalue weighted by molar-refractivity contribution is 6.07. The average molecular weight is 528 g/mol. The topological polar surface area (TPSA) is 103 Å².